The van der Waals surface area contributed by atoms with E-state index in [1.165, 1.54) is 0 Å². The third-order valence-electron chi connectivity index (χ3n) is 3.31. The minimum atomic E-state index is 0.621. The summed E-state index contributed by atoms with van der Waals surface area (Å²) in [4.78, 5) is 1.95. The number of nitrogens with two attached hydrogens (primary N) is 1. The smallest absolute Gasteiger partial charge is 0.0992 e. The van der Waals surface area contributed by atoms with Crippen LogP contribution in [0.4, 0.5) is 17.1 Å². The highest BCUT2D eigenvalue weighted by atomic mass is 15.1. The fourth-order valence-corrected chi connectivity index (χ4v) is 2.21. The zero-order chi connectivity index (χ0) is 14.1. The van der Waals surface area contributed by atoms with E-state index < -0.39 is 0 Å². The summed E-state index contributed by atoms with van der Waals surface area (Å²) in [5.41, 5.74) is 10.1. The number of rotatable bonds is 2. The van der Waals surface area contributed by atoms with Crippen molar-refractivity contribution < 1.29 is 0 Å². The molecule has 20 heavy (non-hydrogen) atoms. The molecule has 0 aliphatic heterocycles. The summed E-state index contributed by atoms with van der Waals surface area (Å²) in [5, 5.41) is 16.9. The first kappa shape index (κ1) is 12.1. The molecule has 0 amide bonds. The van der Waals surface area contributed by atoms with E-state index in [1.807, 2.05) is 42.3 Å². The summed E-state index contributed by atoms with van der Waals surface area (Å²) in [7, 11) is 1.92. The molecule has 5 heteroatoms. The van der Waals surface area contributed by atoms with Gasteiger partial charge >= 0.3 is 0 Å². The number of benzene rings is 2. The lowest BCUT2D eigenvalue weighted by Gasteiger charge is -2.21. The van der Waals surface area contributed by atoms with Crippen molar-refractivity contribution in [1.29, 1.82) is 5.26 Å². The van der Waals surface area contributed by atoms with Crippen molar-refractivity contribution in [3.63, 3.8) is 0 Å². The highest BCUT2D eigenvalue weighted by Crippen LogP contribution is 2.32. The minimum absolute atomic E-state index is 0.621. The molecule has 0 aliphatic carbocycles. The summed E-state index contributed by atoms with van der Waals surface area (Å²) in [6, 6.07) is 13.4. The quantitative estimate of drug-likeness (QED) is 0.696. The number of nitrogens with one attached hydrogen (secondary N) is 1. The largest absolute Gasteiger partial charge is 0.397 e. The van der Waals surface area contributed by atoms with Gasteiger partial charge in [-0.2, -0.15) is 10.4 Å². The summed E-state index contributed by atoms with van der Waals surface area (Å²) >= 11 is 0. The number of anilines is 3. The molecule has 0 unspecified atom stereocenters. The lowest BCUT2D eigenvalue weighted by molar-refractivity contribution is 1.12. The Labute approximate surface area is 116 Å². The van der Waals surface area contributed by atoms with Gasteiger partial charge in [-0.05, 0) is 30.3 Å². The van der Waals surface area contributed by atoms with Crippen molar-refractivity contribution in [2.45, 2.75) is 0 Å². The van der Waals surface area contributed by atoms with Crippen LogP contribution < -0.4 is 10.6 Å². The van der Waals surface area contributed by atoms with Gasteiger partial charge in [0.25, 0.3) is 0 Å². The molecule has 3 rings (SSSR count). The summed E-state index contributed by atoms with van der Waals surface area (Å²) in [5.74, 6) is 0. The Bertz CT molecular complexity index is 812. The minimum Gasteiger partial charge on any atom is -0.397 e. The van der Waals surface area contributed by atoms with Crippen molar-refractivity contribution in [1.82, 2.24) is 10.2 Å². The van der Waals surface area contributed by atoms with Crippen molar-refractivity contribution in [3.05, 3.63) is 48.2 Å². The molecule has 0 aliphatic rings. The molecule has 0 saturated carbocycles. The Balaban J connectivity index is 2.09. The van der Waals surface area contributed by atoms with Crippen molar-refractivity contribution in [2.24, 2.45) is 0 Å². The standard InChI is InChI=1S/C15H13N5/c1-20(12-4-2-3-10(5-12)8-16)15-7-14-11(6-13(15)17)9-18-19-14/h2-7,9H,17H2,1H3,(H,18,19). The Morgan fingerprint density at radius 3 is 2.95 bits per heavy atom. The van der Waals surface area contributed by atoms with Gasteiger partial charge in [0.15, 0.2) is 0 Å². The Hall–Kier alpha value is -3.00. The number of H-pyrrole nitrogens is 1. The predicted octanol–water partition coefficient (Wildman–Crippen LogP) is 2.78. The maximum atomic E-state index is 8.98. The lowest BCUT2D eigenvalue weighted by atomic mass is 10.1. The fourth-order valence-electron chi connectivity index (χ4n) is 2.21. The highest BCUT2D eigenvalue weighted by Gasteiger charge is 2.10. The third kappa shape index (κ3) is 1.93. The van der Waals surface area contributed by atoms with Crippen LogP contribution in [0.2, 0.25) is 0 Å². The van der Waals surface area contributed by atoms with Gasteiger partial charge in [0.2, 0.25) is 0 Å². The first-order valence-corrected chi connectivity index (χ1v) is 6.15. The maximum absolute atomic E-state index is 8.98. The average molecular weight is 263 g/mol. The molecule has 2 aromatic carbocycles. The van der Waals surface area contributed by atoms with Gasteiger partial charge in [-0.15, -0.1) is 0 Å². The van der Waals surface area contributed by atoms with Crippen LogP contribution >= 0.6 is 0 Å². The first-order valence-electron chi connectivity index (χ1n) is 6.15. The van der Waals surface area contributed by atoms with Crippen LogP contribution in [-0.2, 0) is 0 Å². The maximum Gasteiger partial charge on any atom is 0.0992 e. The average Bonchev–Trinajstić information content (AvgIpc) is 2.92. The van der Waals surface area contributed by atoms with Crippen LogP contribution in [0.3, 0.4) is 0 Å². The Morgan fingerprint density at radius 2 is 2.15 bits per heavy atom. The molecule has 0 fully saturated rings. The molecular weight excluding hydrogens is 250 g/mol. The molecule has 0 radical (unpaired) electrons. The Morgan fingerprint density at radius 1 is 1.30 bits per heavy atom. The number of hydrogen-bond donors (Lipinski definition) is 2. The summed E-state index contributed by atoms with van der Waals surface area (Å²) in [6.45, 7) is 0. The van der Waals surface area contributed by atoms with E-state index >= 15 is 0 Å². The van der Waals surface area contributed by atoms with Crippen LogP contribution in [0.15, 0.2) is 42.6 Å². The third-order valence-corrected chi connectivity index (χ3v) is 3.31. The van der Waals surface area contributed by atoms with Crippen LogP contribution in [0.25, 0.3) is 10.9 Å². The SMILES string of the molecule is CN(c1cccc(C#N)c1)c1cc2[nH]ncc2cc1N. The second-order valence-corrected chi connectivity index (χ2v) is 4.59. The number of nitrogen functional groups attached to an aromatic ring is 1. The van der Waals surface area contributed by atoms with Gasteiger partial charge in [-0.3, -0.25) is 5.10 Å². The Kier molecular flexibility index (Phi) is 2.77. The number of nitriles is 1. The van der Waals surface area contributed by atoms with E-state index in [-0.39, 0.29) is 0 Å². The van der Waals surface area contributed by atoms with Crippen LogP contribution in [0.1, 0.15) is 5.56 Å². The first-order chi connectivity index (χ1) is 9.69. The van der Waals surface area contributed by atoms with Gasteiger partial charge < -0.3 is 10.6 Å². The number of fused-ring (bicyclic) bond motifs is 1. The van der Waals surface area contributed by atoms with E-state index in [0.29, 0.717) is 11.3 Å². The van der Waals surface area contributed by atoms with E-state index in [2.05, 4.69) is 16.3 Å². The lowest BCUT2D eigenvalue weighted by Crippen LogP contribution is -2.11. The van der Waals surface area contributed by atoms with E-state index in [0.717, 1.165) is 22.3 Å². The van der Waals surface area contributed by atoms with Crippen molar-refractivity contribution in [2.75, 3.05) is 17.7 Å². The van der Waals surface area contributed by atoms with E-state index in [1.54, 1.807) is 12.3 Å². The van der Waals surface area contributed by atoms with E-state index in [4.69, 9.17) is 11.0 Å². The van der Waals surface area contributed by atoms with Crippen molar-refractivity contribution in [3.8, 4) is 6.07 Å². The van der Waals surface area contributed by atoms with Gasteiger partial charge in [0, 0.05) is 18.1 Å². The second-order valence-electron chi connectivity index (χ2n) is 4.59. The second kappa shape index (κ2) is 4.59. The summed E-state index contributed by atoms with van der Waals surface area (Å²) in [6.07, 6.45) is 1.74. The van der Waals surface area contributed by atoms with Gasteiger partial charge in [-0.25, -0.2) is 0 Å². The van der Waals surface area contributed by atoms with Crippen molar-refractivity contribution >= 4 is 28.0 Å². The normalized spacial score (nSPS) is 10.4. The molecular formula is C15H13N5. The zero-order valence-electron chi connectivity index (χ0n) is 11.0. The monoisotopic (exact) mass is 263 g/mol. The molecule has 98 valence electrons. The van der Waals surface area contributed by atoms with Gasteiger partial charge in [-0.1, -0.05) is 6.07 Å². The van der Waals surface area contributed by atoms with Crippen LogP contribution in [-0.4, -0.2) is 17.2 Å². The molecule has 0 bridgehead atoms. The highest BCUT2D eigenvalue weighted by molar-refractivity contribution is 5.90. The van der Waals surface area contributed by atoms with Gasteiger partial charge in [0.05, 0.1) is 34.7 Å². The molecule has 1 aromatic heterocycles. The molecule has 0 atom stereocenters. The zero-order valence-corrected chi connectivity index (χ0v) is 11.0. The number of aromatic nitrogens is 2. The number of nitrogens with zero attached hydrogens (tertiary/aromatic N) is 3. The van der Waals surface area contributed by atoms with Gasteiger partial charge in [0.1, 0.15) is 0 Å². The molecule has 0 spiro atoms. The molecule has 0 saturated heterocycles. The number of aromatic amines is 1. The molecule has 3 N–H and O–H groups in total. The topological polar surface area (TPSA) is 81.7 Å². The number of hydrogen-bond acceptors (Lipinski definition) is 4. The summed E-state index contributed by atoms with van der Waals surface area (Å²) < 4.78 is 0. The van der Waals surface area contributed by atoms with E-state index in [9.17, 15) is 0 Å². The molecule has 1 heterocycles. The predicted molar refractivity (Wildman–Crippen MR) is 79.7 cm³/mol. The molecule has 3 aromatic rings. The fraction of sp³-hybridized carbons (Fsp3) is 0.0667. The van der Waals surface area contributed by atoms with Crippen LogP contribution in [0.5, 0.6) is 0 Å². The van der Waals surface area contributed by atoms with Crippen LogP contribution in [0, 0.1) is 11.3 Å². The molecule has 5 nitrogen and oxygen atoms in total.